The first kappa shape index (κ1) is 20.6. The molecule has 0 aliphatic rings. The van der Waals surface area contributed by atoms with E-state index in [4.69, 9.17) is 10.4 Å². The third-order valence-electron chi connectivity index (χ3n) is 3.38. The molecule has 0 spiro atoms. The molecule has 0 heterocycles. The first-order valence-corrected chi connectivity index (χ1v) is 8.23. The van der Waals surface area contributed by atoms with Crippen molar-refractivity contribution in [2.24, 2.45) is 0 Å². The minimum atomic E-state index is -0.937. The van der Waals surface area contributed by atoms with Crippen LogP contribution in [0.5, 0.6) is 0 Å². The summed E-state index contributed by atoms with van der Waals surface area (Å²) in [4.78, 5) is 14.7. The van der Waals surface area contributed by atoms with Gasteiger partial charge in [0, 0.05) is 6.08 Å². The molecule has 0 bridgehead atoms. The summed E-state index contributed by atoms with van der Waals surface area (Å²) in [6, 6.07) is 0. The van der Waals surface area contributed by atoms with Crippen molar-refractivity contribution in [2.75, 3.05) is 0 Å². The molecule has 1 atom stereocenters. The SMILES string of the molecule is CCCCC[C@@H](CCCCCC=CC=CC=CC(=O)O)OO. The van der Waals surface area contributed by atoms with Crippen molar-refractivity contribution in [3.8, 4) is 0 Å². The zero-order valence-corrected chi connectivity index (χ0v) is 13.6. The fraction of sp³-hybridized carbons (Fsp3) is 0.611. The molecule has 4 nitrogen and oxygen atoms in total. The summed E-state index contributed by atoms with van der Waals surface area (Å²) in [5.41, 5.74) is 0. The lowest BCUT2D eigenvalue weighted by atomic mass is 10.0. The quantitative estimate of drug-likeness (QED) is 0.153. The van der Waals surface area contributed by atoms with Crippen molar-refractivity contribution in [3.05, 3.63) is 36.5 Å². The number of carboxylic acids is 1. The molecular formula is C18H30O4. The second-order valence-electron chi connectivity index (χ2n) is 5.37. The van der Waals surface area contributed by atoms with E-state index in [2.05, 4.69) is 17.9 Å². The van der Waals surface area contributed by atoms with Crippen LogP contribution in [0.1, 0.15) is 64.7 Å². The molecule has 0 aromatic heterocycles. The van der Waals surface area contributed by atoms with E-state index in [1.807, 2.05) is 12.2 Å². The highest BCUT2D eigenvalue weighted by Crippen LogP contribution is 2.14. The van der Waals surface area contributed by atoms with Crippen molar-refractivity contribution < 1.29 is 20.0 Å². The van der Waals surface area contributed by atoms with Crippen LogP contribution >= 0.6 is 0 Å². The number of aliphatic carboxylic acids is 1. The van der Waals surface area contributed by atoms with E-state index in [1.165, 1.54) is 18.9 Å². The molecule has 0 saturated carbocycles. The summed E-state index contributed by atoms with van der Waals surface area (Å²) in [5.74, 6) is -0.937. The van der Waals surface area contributed by atoms with Crippen LogP contribution in [-0.2, 0) is 9.68 Å². The Hall–Kier alpha value is -1.39. The van der Waals surface area contributed by atoms with Crippen LogP contribution in [0.25, 0.3) is 0 Å². The number of rotatable bonds is 14. The molecule has 0 rings (SSSR count). The number of unbranched alkanes of at least 4 members (excludes halogenated alkanes) is 5. The van der Waals surface area contributed by atoms with E-state index in [0.717, 1.165) is 51.0 Å². The zero-order valence-electron chi connectivity index (χ0n) is 13.6. The zero-order chi connectivity index (χ0) is 16.5. The van der Waals surface area contributed by atoms with Crippen molar-refractivity contribution in [3.63, 3.8) is 0 Å². The van der Waals surface area contributed by atoms with Crippen molar-refractivity contribution in [2.45, 2.75) is 70.8 Å². The standard InChI is InChI=1S/C18H30O4/c1-2-3-11-14-17(22-21)15-12-9-7-5-4-6-8-10-13-16-18(19)20/h4,6,8,10,13,16-17,21H,2-3,5,7,9,11-12,14-15H2,1H3,(H,19,20)/t17-/m0/s1. The fourth-order valence-electron chi connectivity index (χ4n) is 2.12. The van der Waals surface area contributed by atoms with Crippen molar-refractivity contribution in [1.82, 2.24) is 0 Å². The Morgan fingerprint density at radius 2 is 1.68 bits per heavy atom. The molecule has 2 N–H and O–H groups in total. The Kier molecular flexibility index (Phi) is 15.0. The fourth-order valence-corrected chi connectivity index (χ4v) is 2.12. The average molecular weight is 310 g/mol. The highest BCUT2D eigenvalue weighted by molar-refractivity contribution is 5.80. The number of carboxylic acid groups (broad SMARTS) is 1. The second kappa shape index (κ2) is 16.0. The van der Waals surface area contributed by atoms with Gasteiger partial charge in [0.2, 0.25) is 0 Å². The minimum absolute atomic E-state index is 0.00829. The molecule has 0 aliphatic carbocycles. The van der Waals surface area contributed by atoms with E-state index >= 15 is 0 Å². The second-order valence-corrected chi connectivity index (χ2v) is 5.37. The smallest absolute Gasteiger partial charge is 0.328 e. The lowest BCUT2D eigenvalue weighted by Gasteiger charge is -2.12. The normalized spacial score (nSPS) is 13.5. The molecule has 0 unspecified atom stereocenters. The summed E-state index contributed by atoms with van der Waals surface area (Å²) in [6.45, 7) is 2.17. The van der Waals surface area contributed by atoms with Crippen LogP contribution < -0.4 is 0 Å². The van der Waals surface area contributed by atoms with Gasteiger partial charge in [-0.2, -0.15) is 0 Å². The van der Waals surface area contributed by atoms with E-state index < -0.39 is 5.97 Å². The van der Waals surface area contributed by atoms with Gasteiger partial charge in [0.15, 0.2) is 0 Å². The first-order valence-electron chi connectivity index (χ1n) is 8.23. The highest BCUT2D eigenvalue weighted by Gasteiger charge is 2.07. The van der Waals surface area contributed by atoms with Gasteiger partial charge >= 0.3 is 5.97 Å². The summed E-state index contributed by atoms with van der Waals surface area (Å²) in [7, 11) is 0. The van der Waals surface area contributed by atoms with Crippen LogP contribution in [0.4, 0.5) is 0 Å². The Labute approximate surface area is 134 Å². The van der Waals surface area contributed by atoms with Crippen LogP contribution in [0.2, 0.25) is 0 Å². The molecule has 0 aromatic carbocycles. The molecule has 0 aromatic rings. The van der Waals surface area contributed by atoms with Gasteiger partial charge in [-0.25, -0.2) is 9.68 Å². The Morgan fingerprint density at radius 1 is 1.00 bits per heavy atom. The van der Waals surface area contributed by atoms with Crippen LogP contribution in [0.3, 0.4) is 0 Å². The Bertz CT molecular complexity index is 345. The van der Waals surface area contributed by atoms with E-state index in [-0.39, 0.29) is 6.10 Å². The van der Waals surface area contributed by atoms with Crippen molar-refractivity contribution in [1.29, 1.82) is 0 Å². The molecule has 126 valence electrons. The van der Waals surface area contributed by atoms with E-state index in [0.29, 0.717) is 0 Å². The molecule has 0 radical (unpaired) electrons. The van der Waals surface area contributed by atoms with Gasteiger partial charge < -0.3 is 5.11 Å². The van der Waals surface area contributed by atoms with Crippen molar-refractivity contribution >= 4 is 5.97 Å². The Balaban J connectivity index is 3.53. The third-order valence-corrected chi connectivity index (χ3v) is 3.38. The maximum absolute atomic E-state index is 10.2. The lowest BCUT2D eigenvalue weighted by molar-refractivity contribution is -0.281. The van der Waals surface area contributed by atoms with Gasteiger partial charge in [-0.05, 0) is 25.7 Å². The predicted octanol–water partition coefficient (Wildman–Crippen LogP) is 5.13. The maximum Gasteiger partial charge on any atom is 0.328 e. The minimum Gasteiger partial charge on any atom is -0.478 e. The highest BCUT2D eigenvalue weighted by atomic mass is 17.1. The largest absolute Gasteiger partial charge is 0.478 e. The molecule has 4 heteroatoms. The predicted molar refractivity (Wildman–Crippen MR) is 89.8 cm³/mol. The number of allylic oxidation sites excluding steroid dienone is 5. The topological polar surface area (TPSA) is 66.8 Å². The number of hydrogen-bond acceptors (Lipinski definition) is 3. The molecular weight excluding hydrogens is 280 g/mol. The summed E-state index contributed by atoms with van der Waals surface area (Å²) < 4.78 is 0. The summed E-state index contributed by atoms with van der Waals surface area (Å²) in [5, 5.41) is 17.2. The van der Waals surface area contributed by atoms with Crippen LogP contribution in [0, 0.1) is 0 Å². The molecule has 0 aliphatic heterocycles. The molecule has 22 heavy (non-hydrogen) atoms. The van der Waals surface area contributed by atoms with Gasteiger partial charge in [-0.3, -0.25) is 5.26 Å². The third kappa shape index (κ3) is 15.0. The molecule has 0 fully saturated rings. The summed E-state index contributed by atoms with van der Waals surface area (Å²) in [6.07, 6.45) is 19.8. The number of hydrogen-bond donors (Lipinski definition) is 2. The number of carbonyl (C=O) groups is 1. The van der Waals surface area contributed by atoms with E-state index in [1.54, 1.807) is 6.08 Å². The summed E-state index contributed by atoms with van der Waals surface area (Å²) >= 11 is 0. The average Bonchev–Trinajstić information content (AvgIpc) is 2.50. The van der Waals surface area contributed by atoms with Gasteiger partial charge in [-0.1, -0.05) is 69.4 Å². The van der Waals surface area contributed by atoms with Gasteiger partial charge in [0.1, 0.15) is 0 Å². The lowest BCUT2D eigenvalue weighted by Crippen LogP contribution is -2.10. The van der Waals surface area contributed by atoms with E-state index in [9.17, 15) is 4.79 Å². The monoisotopic (exact) mass is 310 g/mol. The molecule has 0 amide bonds. The van der Waals surface area contributed by atoms with Crippen LogP contribution in [0.15, 0.2) is 36.5 Å². The van der Waals surface area contributed by atoms with Crippen LogP contribution in [-0.4, -0.2) is 22.4 Å². The molecule has 0 saturated heterocycles. The van der Waals surface area contributed by atoms with Gasteiger partial charge in [-0.15, -0.1) is 0 Å². The first-order chi connectivity index (χ1) is 10.7. The van der Waals surface area contributed by atoms with Gasteiger partial charge in [0.05, 0.1) is 6.10 Å². The maximum atomic E-state index is 10.2. The van der Waals surface area contributed by atoms with Gasteiger partial charge in [0.25, 0.3) is 0 Å². The Morgan fingerprint density at radius 3 is 2.32 bits per heavy atom.